The topological polar surface area (TPSA) is 122 Å². The minimum Gasteiger partial charge on any atom is -0.444 e. The number of amides is 3. The first kappa shape index (κ1) is 26.8. The number of alkyl carbamates (subject to hydrolysis) is 1. The summed E-state index contributed by atoms with van der Waals surface area (Å²) in [6.07, 6.45) is 4.75. The highest BCUT2D eigenvalue weighted by molar-refractivity contribution is 6.12. The van der Waals surface area contributed by atoms with Crippen LogP contribution < -0.4 is 10.6 Å². The van der Waals surface area contributed by atoms with Gasteiger partial charge in [0.05, 0.1) is 6.10 Å². The van der Waals surface area contributed by atoms with E-state index in [2.05, 4.69) is 15.6 Å². The normalized spacial score (nSPS) is 26.0. The zero-order valence-corrected chi connectivity index (χ0v) is 23.0. The van der Waals surface area contributed by atoms with E-state index in [-0.39, 0.29) is 23.9 Å². The molecule has 1 fully saturated rings. The van der Waals surface area contributed by atoms with Crippen LogP contribution in [0, 0.1) is 5.41 Å². The number of carbonyl (C=O) groups excluding carboxylic acids is 3. The van der Waals surface area contributed by atoms with E-state index < -0.39 is 22.6 Å². The van der Waals surface area contributed by atoms with E-state index in [1.165, 1.54) is 4.90 Å². The number of guanidine groups is 1. The minimum absolute atomic E-state index is 0.127. The second-order valence-electron chi connectivity index (χ2n) is 11.6. The van der Waals surface area contributed by atoms with Crippen LogP contribution in [0.2, 0.25) is 0 Å². The van der Waals surface area contributed by atoms with Crippen LogP contribution in [-0.4, -0.2) is 59.6 Å². The smallest absolute Gasteiger partial charge is 0.414 e. The van der Waals surface area contributed by atoms with Crippen molar-refractivity contribution in [3.8, 4) is 0 Å². The van der Waals surface area contributed by atoms with Gasteiger partial charge in [0, 0.05) is 31.5 Å². The van der Waals surface area contributed by atoms with Crippen LogP contribution in [0.15, 0.2) is 47.6 Å². The highest BCUT2D eigenvalue weighted by atomic mass is 16.6. The summed E-state index contributed by atoms with van der Waals surface area (Å²) in [6, 6.07) is 10.8. The zero-order valence-electron chi connectivity index (χ0n) is 23.0. The Morgan fingerprint density at radius 1 is 1.10 bits per heavy atom. The van der Waals surface area contributed by atoms with Gasteiger partial charge in [0.1, 0.15) is 11.3 Å². The van der Waals surface area contributed by atoms with E-state index in [0.717, 1.165) is 36.8 Å². The number of pyridine rings is 1. The Bertz CT molecular complexity index is 1330. The Hall–Kier alpha value is -3.79. The SMILES string of the molecule is COC1CCC2(CC1)Cc1ccc(NC(=O)c3ccccn3)cc1C21N=C(NC(=O)OC(C)(C)C)N(C)C1=O. The van der Waals surface area contributed by atoms with Crippen molar-refractivity contribution in [1.29, 1.82) is 0 Å². The number of hydrogen-bond donors (Lipinski definition) is 2. The summed E-state index contributed by atoms with van der Waals surface area (Å²) < 4.78 is 11.1. The first-order valence-corrected chi connectivity index (χ1v) is 13.2. The van der Waals surface area contributed by atoms with E-state index in [4.69, 9.17) is 14.5 Å². The molecule has 3 amide bonds. The average molecular weight is 534 g/mol. The molecular weight excluding hydrogens is 498 g/mol. The van der Waals surface area contributed by atoms with Gasteiger partial charge in [0.25, 0.3) is 11.8 Å². The fourth-order valence-corrected chi connectivity index (χ4v) is 6.18. The van der Waals surface area contributed by atoms with Crippen LogP contribution >= 0.6 is 0 Å². The number of nitrogens with one attached hydrogen (secondary N) is 2. The van der Waals surface area contributed by atoms with E-state index >= 15 is 0 Å². The summed E-state index contributed by atoms with van der Waals surface area (Å²) in [5, 5.41) is 5.61. The number of ether oxygens (including phenoxy) is 2. The van der Waals surface area contributed by atoms with Gasteiger partial charge in [-0.2, -0.15) is 0 Å². The number of carbonyl (C=O) groups is 3. The third-order valence-corrected chi connectivity index (χ3v) is 7.99. The van der Waals surface area contributed by atoms with Gasteiger partial charge in [-0.1, -0.05) is 12.1 Å². The molecule has 1 aromatic heterocycles. The number of methoxy groups -OCH3 is 1. The first-order chi connectivity index (χ1) is 18.5. The Balaban J connectivity index is 1.55. The molecule has 10 nitrogen and oxygen atoms in total. The molecular formula is C29H35N5O5. The summed E-state index contributed by atoms with van der Waals surface area (Å²) in [7, 11) is 3.33. The quantitative estimate of drug-likeness (QED) is 0.615. The van der Waals surface area contributed by atoms with Crippen molar-refractivity contribution in [1.82, 2.24) is 15.2 Å². The highest BCUT2D eigenvalue weighted by Crippen LogP contribution is 2.62. The van der Waals surface area contributed by atoms with Crippen LogP contribution in [-0.2, 0) is 26.2 Å². The van der Waals surface area contributed by atoms with Gasteiger partial charge >= 0.3 is 6.09 Å². The molecule has 0 saturated heterocycles. The largest absolute Gasteiger partial charge is 0.444 e. The van der Waals surface area contributed by atoms with Crippen LogP contribution in [0.25, 0.3) is 0 Å². The molecule has 3 aliphatic rings. The van der Waals surface area contributed by atoms with Gasteiger partial charge in [-0.15, -0.1) is 0 Å². The lowest BCUT2D eigenvalue weighted by Crippen LogP contribution is -2.51. The molecule has 1 aliphatic heterocycles. The van der Waals surface area contributed by atoms with E-state index in [9.17, 15) is 14.4 Å². The fourth-order valence-electron chi connectivity index (χ4n) is 6.18. The molecule has 10 heteroatoms. The Kier molecular flexibility index (Phi) is 6.70. The number of aliphatic imine (C=N–C) groups is 1. The Morgan fingerprint density at radius 2 is 1.85 bits per heavy atom. The summed E-state index contributed by atoms with van der Waals surface area (Å²) >= 11 is 0. The first-order valence-electron chi connectivity index (χ1n) is 13.2. The maximum Gasteiger partial charge on any atom is 0.414 e. The predicted molar refractivity (Wildman–Crippen MR) is 145 cm³/mol. The van der Waals surface area contributed by atoms with Crippen LogP contribution in [0.5, 0.6) is 0 Å². The van der Waals surface area contributed by atoms with E-state index in [1.807, 2.05) is 18.2 Å². The molecule has 206 valence electrons. The molecule has 2 heterocycles. The molecule has 2 N–H and O–H groups in total. The van der Waals surface area contributed by atoms with Crippen molar-refractivity contribution >= 4 is 29.6 Å². The summed E-state index contributed by atoms with van der Waals surface area (Å²) in [6.45, 7) is 5.32. The number of likely N-dealkylation sites (N-methyl/N-ethyl adjacent to an activating group) is 1. The standard InChI is InChI=1S/C29H35N5O5/c1-27(2,3)39-26(37)32-25-33-29(24(36)34(25)4)21-16-19(31-23(35)22-8-6-7-15-30-22)10-9-18(21)17-28(29)13-11-20(38-5)12-14-28/h6-10,15-16,20H,11-14,17H2,1-5H3,(H,31,35)(H,32,33,37). The third kappa shape index (κ3) is 4.67. The minimum atomic E-state index is -1.24. The number of anilines is 1. The summed E-state index contributed by atoms with van der Waals surface area (Å²) in [5.41, 5.74) is 0.152. The number of fused-ring (bicyclic) bond motifs is 3. The van der Waals surface area contributed by atoms with E-state index in [0.29, 0.717) is 17.8 Å². The number of hydrogen-bond acceptors (Lipinski definition) is 7. The van der Waals surface area contributed by atoms with E-state index in [1.54, 1.807) is 59.3 Å². The molecule has 1 saturated carbocycles. The molecule has 2 aromatic rings. The highest BCUT2D eigenvalue weighted by Gasteiger charge is 2.66. The number of nitrogens with zero attached hydrogens (tertiary/aromatic N) is 3. The maximum atomic E-state index is 14.2. The van der Waals surface area contributed by atoms with Gasteiger partial charge in [0.2, 0.25) is 5.96 Å². The van der Waals surface area contributed by atoms with Gasteiger partial charge < -0.3 is 14.8 Å². The van der Waals surface area contributed by atoms with Gasteiger partial charge in [-0.05, 0) is 88.3 Å². The number of aromatic nitrogens is 1. The molecule has 1 aromatic carbocycles. The molecule has 2 aliphatic carbocycles. The molecule has 2 spiro atoms. The third-order valence-electron chi connectivity index (χ3n) is 7.99. The molecule has 39 heavy (non-hydrogen) atoms. The lowest BCUT2D eigenvalue weighted by atomic mass is 9.61. The lowest BCUT2D eigenvalue weighted by molar-refractivity contribution is -0.137. The Labute approximate surface area is 228 Å². The molecule has 5 rings (SSSR count). The second-order valence-corrected chi connectivity index (χ2v) is 11.6. The van der Waals surface area contributed by atoms with Gasteiger partial charge in [0.15, 0.2) is 5.54 Å². The molecule has 1 atom stereocenters. The zero-order chi connectivity index (χ0) is 28.0. The fraction of sp³-hybridized carbons (Fsp3) is 0.483. The Morgan fingerprint density at radius 3 is 2.49 bits per heavy atom. The predicted octanol–water partition coefficient (Wildman–Crippen LogP) is 4.01. The molecule has 0 bridgehead atoms. The van der Waals surface area contributed by atoms with Crippen molar-refractivity contribution < 1.29 is 23.9 Å². The summed E-state index contributed by atoms with van der Waals surface area (Å²) in [4.78, 5) is 50.3. The van der Waals surface area contributed by atoms with Crippen LogP contribution in [0.3, 0.4) is 0 Å². The van der Waals surface area contributed by atoms with Gasteiger partial charge in [-0.25, -0.2) is 9.79 Å². The van der Waals surface area contributed by atoms with Gasteiger partial charge in [-0.3, -0.25) is 24.8 Å². The van der Waals surface area contributed by atoms with Crippen molar-refractivity contribution in [3.05, 3.63) is 59.4 Å². The maximum absolute atomic E-state index is 14.2. The second kappa shape index (κ2) is 9.75. The number of benzene rings is 1. The van der Waals surface area contributed by atoms with Crippen molar-refractivity contribution in [2.75, 3.05) is 19.5 Å². The number of rotatable bonds is 3. The van der Waals surface area contributed by atoms with Crippen molar-refractivity contribution in [2.45, 2.75) is 70.1 Å². The van der Waals surface area contributed by atoms with Crippen molar-refractivity contribution in [2.24, 2.45) is 10.4 Å². The lowest BCUT2D eigenvalue weighted by Gasteiger charge is -2.45. The van der Waals surface area contributed by atoms with Crippen LogP contribution in [0.4, 0.5) is 10.5 Å². The summed E-state index contributed by atoms with van der Waals surface area (Å²) in [5.74, 6) is -0.404. The molecule has 0 radical (unpaired) electrons. The average Bonchev–Trinajstić information content (AvgIpc) is 3.30. The molecule has 1 unspecified atom stereocenters. The monoisotopic (exact) mass is 533 g/mol. The van der Waals surface area contributed by atoms with Crippen molar-refractivity contribution in [3.63, 3.8) is 0 Å². The van der Waals surface area contributed by atoms with Crippen LogP contribution in [0.1, 0.15) is 68.1 Å².